The van der Waals surface area contributed by atoms with Crippen molar-refractivity contribution in [2.75, 3.05) is 12.4 Å². The van der Waals surface area contributed by atoms with Gasteiger partial charge in [0.15, 0.2) is 0 Å². The summed E-state index contributed by atoms with van der Waals surface area (Å²) in [5.41, 5.74) is 4.34. The first-order chi connectivity index (χ1) is 12.0. The Morgan fingerprint density at radius 1 is 1.08 bits per heavy atom. The summed E-state index contributed by atoms with van der Waals surface area (Å²) in [4.78, 5) is 24.4. The van der Waals surface area contributed by atoms with Gasteiger partial charge in [0, 0.05) is 22.8 Å². The van der Waals surface area contributed by atoms with Crippen molar-refractivity contribution < 1.29 is 14.3 Å². The highest BCUT2D eigenvalue weighted by Crippen LogP contribution is 2.22. The molecule has 0 saturated heterocycles. The van der Waals surface area contributed by atoms with E-state index in [1.165, 1.54) is 12.7 Å². The molecule has 0 fully saturated rings. The van der Waals surface area contributed by atoms with Crippen LogP contribution in [0.25, 0.3) is 10.9 Å². The SMILES string of the molecule is COC(=O)c1cn(CC(=O)Nc2ccc(C)c(C)c2)c2ccccc12. The molecule has 1 aromatic heterocycles. The Morgan fingerprint density at radius 2 is 1.84 bits per heavy atom. The van der Waals surface area contributed by atoms with Crippen LogP contribution < -0.4 is 5.32 Å². The average molecular weight is 336 g/mol. The molecule has 128 valence electrons. The Kier molecular flexibility index (Phi) is 4.57. The van der Waals surface area contributed by atoms with Gasteiger partial charge in [0.05, 0.1) is 12.7 Å². The quantitative estimate of drug-likeness (QED) is 0.739. The number of benzene rings is 2. The number of fused-ring (bicyclic) bond motifs is 1. The van der Waals surface area contributed by atoms with Gasteiger partial charge >= 0.3 is 5.97 Å². The van der Waals surface area contributed by atoms with Crippen LogP contribution in [0.4, 0.5) is 5.69 Å². The molecule has 0 saturated carbocycles. The standard InChI is InChI=1S/C20H20N2O3/c1-13-8-9-15(10-14(13)2)21-19(23)12-22-11-17(20(24)25-3)16-6-4-5-7-18(16)22/h4-11H,12H2,1-3H3,(H,21,23). The van der Waals surface area contributed by atoms with E-state index in [1.54, 1.807) is 10.8 Å². The number of nitrogens with zero attached hydrogens (tertiary/aromatic N) is 1. The highest BCUT2D eigenvalue weighted by molar-refractivity contribution is 6.04. The third kappa shape index (κ3) is 3.40. The van der Waals surface area contributed by atoms with E-state index in [0.29, 0.717) is 5.56 Å². The topological polar surface area (TPSA) is 60.3 Å². The molecule has 5 nitrogen and oxygen atoms in total. The number of aryl methyl sites for hydroxylation is 2. The summed E-state index contributed by atoms with van der Waals surface area (Å²) in [7, 11) is 1.35. The molecule has 1 amide bonds. The molecule has 0 atom stereocenters. The predicted molar refractivity (Wildman–Crippen MR) is 97.8 cm³/mol. The third-order valence-electron chi connectivity index (χ3n) is 4.30. The summed E-state index contributed by atoms with van der Waals surface area (Å²) < 4.78 is 6.59. The molecule has 3 aromatic rings. The second-order valence-corrected chi connectivity index (χ2v) is 6.03. The van der Waals surface area contributed by atoms with Crippen LogP contribution in [0.3, 0.4) is 0 Å². The van der Waals surface area contributed by atoms with Crippen LogP contribution in [0.1, 0.15) is 21.5 Å². The summed E-state index contributed by atoms with van der Waals surface area (Å²) in [5.74, 6) is -0.565. The number of nitrogens with one attached hydrogen (secondary N) is 1. The summed E-state index contributed by atoms with van der Waals surface area (Å²) in [6.45, 7) is 4.15. The number of hydrogen-bond donors (Lipinski definition) is 1. The normalized spacial score (nSPS) is 10.7. The first kappa shape index (κ1) is 16.8. The maximum atomic E-state index is 12.4. The molecule has 2 aromatic carbocycles. The molecule has 25 heavy (non-hydrogen) atoms. The molecule has 0 aliphatic carbocycles. The second kappa shape index (κ2) is 6.81. The highest BCUT2D eigenvalue weighted by Gasteiger charge is 2.16. The first-order valence-electron chi connectivity index (χ1n) is 8.03. The first-order valence-corrected chi connectivity index (χ1v) is 8.03. The van der Waals surface area contributed by atoms with Gasteiger partial charge in [-0.25, -0.2) is 4.79 Å². The lowest BCUT2D eigenvalue weighted by Gasteiger charge is -2.09. The molecule has 0 aliphatic heterocycles. The van der Waals surface area contributed by atoms with Gasteiger partial charge in [-0.05, 0) is 43.2 Å². The van der Waals surface area contributed by atoms with Crippen molar-refractivity contribution in [2.45, 2.75) is 20.4 Å². The summed E-state index contributed by atoms with van der Waals surface area (Å²) in [6, 6.07) is 13.3. The molecular formula is C20H20N2O3. The fourth-order valence-electron chi connectivity index (χ4n) is 2.82. The second-order valence-electron chi connectivity index (χ2n) is 6.03. The van der Waals surface area contributed by atoms with E-state index in [0.717, 1.165) is 22.2 Å². The van der Waals surface area contributed by atoms with Crippen LogP contribution in [0.2, 0.25) is 0 Å². The molecule has 0 radical (unpaired) electrons. The molecule has 5 heteroatoms. The predicted octanol–water partition coefficient (Wildman–Crippen LogP) is 3.68. The van der Waals surface area contributed by atoms with E-state index < -0.39 is 5.97 Å². The number of anilines is 1. The maximum absolute atomic E-state index is 12.4. The summed E-state index contributed by atoms with van der Waals surface area (Å²) in [5, 5.41) is 3.67. The smallest absolute Gasteiger partial charge is 0.340 e. The van der Waals surface area contributed by atoms with Gasteiger partial charge in [0.25, 0.3) is 0 Å². The number of aromatic nitrogens is 1. The molecule has 1 heterocycles. The van der Waals surface area contributed by atoms with Crippen molar-refractivity contribution in [3.63, 3.8) is 0 Å². The zero-order chi connectivity index (χ0) is 18.0. The lowest BCUT2D eigenvalue weighted by atomic mass is 10.1. The Morgan fingerprint density at radius 3 is 2.56 bits per heavy atom. The van der Waals surface area contributed by atoms with Gasteiger partial charge in [-0.3, -0.25) is 4.79 Å². The molecule has 1 N–H and O–H groups in total. The van der Waals surface area contributed by atoms with Crippen molar-refractivity contribution in [3.8, 4) is 0 Å². The minimum absolute atomic E-state index is 0.116. The number of methoxy groups -OCH3 is 1. The largest absolute Gasteiger partial charge is 0.465 e. The van der Waals surface area contributed by atoms with Crippen molar-refractivity contribution in [1.29, 1.82) is 0 Å². The zero-order valence-corrected chi connectivity index (χ0v) is 14.5. The molecule has 0 bridgehead atoms. The number of para-hydroxylation sites is 1. The maximum Gasteiger partial charge on any atom is 0.340 e. The monoisotopic (exact) mass is 336 g/mol. The highest BCUT2D eigenvalue weighted by atomic mass is 16.5. The zero-order valence-electron chi connectivity index (χ0n) is 14.5. The van der Waals surface area contributed by atoms with Crippen LogP contribution >= 0.6 is 0 Å². The van der Waals surface area contributed by atoms with Gasteiger partial charge in [-0.2, -0.15) is 0 Å². The minimum Gasteiger partial charge on any atom is -0.465 e. The van der Waals surface area contributed by atoms with E-state index in [9.17, 15) is 9.59 Å². The Hall–Kier alpha value is -3.08. The number of esters is 1. The van der Waals surface area contributed by atoms with Gasteiger partial charge < -0.3 is 14.6 Å². The number of carbonyl (C=O) groups excluding carboxylic acids is 2. The molecule has 0 aliphatic rings. The van der Waals surface area contributed by atoms with E-state index >= 15 is 0 Å². The van der Waals surface area contributed by atoms with E-state index in [4.69, 9.17) is 4.74 Å². The Labute approximate surface area is 146 Å². The van der Waals surface area contributed by atoms with Gasteiger partial charge in [-0.1, -0.05) is 24.3 Å². The number of rotatable bonds is 4. The van der Waals surface area contributed by atoms with Gasteiger partial charge in [0.1, 0.15) is 6.54 Å². The fourth-order valence-corrected chi connectivity index (χ4v) is 2.82. The van der Waals surface area contributed by atoms with Gasteiger partial charge in [-0.15, -0.1) is 0 Å². The molecule has 3 rings (SSSR count). The summed E-state index contributed by atoms with van der Waals surface area (Å²) in [6.07, 6.45) is 1.66. The number of hydrogen-bond acceptors (Lipinski definition) is 3. The van der Waals surface area contributed by atoms with Crippen LogP contribution in [0, 0.1) is 13.8 Å². The third-order valence-corrected chi connectivity index (χ3v) is 4.30. The van der Waals surface area contributed by atoms with Crippen molar-refractivity contribution in [2.24, 2.45) is 0 Å². The lowest BCUT2D eigenvalue weighted by Crippen LogP contribution is -2.18. The number of carbonyl (C=O) groups is 2. The molecule has 0 spiro atoms. The minimum atomic E-state index is -0.412. The van der Waals surface area contributed by atoms with Crippen LogP contribution in [-0.2, 0) is 16.1 Å². The van der Waals surface area contributed by atoms with Crippen LogP contribution in [0.5, 0.6) is 0 Å². The van der Waals surface area contributed by atoms with Crippen molar-refractivity contribution >= 4 is 28.5 Å². The van der Waals surface area contributed by atoms with E-state index in [1.807, 2.05) is 56.3 Å². The van der Waals surface area contributed by atoms with E-state index in [2.05, 4.69) is 5.32 Å². The number of ether oxygens (including phenoxy) is 1. The van der Waals surface area contributed by atoms with Crippen LogP contribution in [-0.4, -0.2) is 23.6 Å². The van der Waals surface area contributed by atoms with Gasteiger partial charge in [0.2, 0.25) is 5.91 Å². The number of amides is 1. The van der Waals surface area contributed by atoms with Crippen molar-refractivity contribution in [1.82, 2.24) is 4.57 Å². The van der Waals surface area contributed by atoms with E-state index in [-0.39, 0.29) is 12.5 Å². The average Bonchev–Trinajstić information content (AvgIpc) is 2.96. The van der Waals surface area contributed by atoms with Crippen molar-refractivity contribution in [3.05, 3.63) is 65.4 Å². The van der Waals surface area contributed by atoms with Crippen LogP contribution in [0.15, 0.2) is 48.7 Å². The lowest BCUT2D eigenvalue weighted by molar-refractivity contribution is -0.116. The molecule has 0 unspecified atom stereocenters. The Balaban J connectivity index is 1.86. The Bertz CT molecular complexity index is 957. The summed E-state index contributed by atoms with van der Waals surface area (Å²) >= 11 is 0. The fraction of sp³-hybridized carbons (Fsp3) is 0.200. The molecular weight excluding hydrogens is 316 g/mol.